The van der Waals surface area contributed by atoms with E-state index in [4.69, 9.17) is 4.42 Å². The summed E-state index contributed by atoms with van der Waals surface area (Å²) < 4.78 is 5.45. The summed E-state index contributed by atoms with van der Waals surface area (Å²) in [5.41, 5.74) is 0.988. The molecule has 0 aliphatic heterocycles. The number of oxazole rings is 1. The van der Waals surface area contributed by atoms with Crippen molar-refractivity contribution in [2.75, 3.05) is 0 Å². The van der Waals surface area contributed by atoms with Gasteiger partial charge in [-0.1, -0.05) is 20.8 Å². The molecule has 0 aliphatic rings. The minimum atomic E-state index is -0.0949. The molecule has 0 radical (unpaired) electrons. The molecule has 2 aromatic heterocycles. The molecule has 0 bridgehead atoms. The third kappa shape index (κ3) is 1.39. The van der Waals surface area contributed by atoms with Gasteiger partial charge >= 0.3 is 0 Å². The van der Waals surface area contributed by atoms with E-state index in [-0.39, 0.29) is 5.41 Å². The molecule has 0 unspecified atom stereocenters. The van der Waals surface area contributed by atoms with Crippen LogP contribution in [0.4, 0.5) is 0 Å². The van der Waals surface area contributed by atoms with Crippen molar-refractivity contribution >= 4 is 11.4 Å². The van der Waals surface area contributed by atoms with Crippen LogP contribution in [0, 0.1) is 0 Å². The van der Waals surface area contributed by atoms with Gasteiger partial charge in [-0.2, -0.15) is 4.98 Å². The summed E-state index contributed by atoms with van der Waals surface area (Å²) in [6.07, 6.45) is 3.21. The first kappa shape index (κ1) is 8.16. The second-order valence-electron chi connectivity index (χ2n) is 3.95. The predicted octanol–water partition coefficient (Wildman–Crippen LogP) is 1.92. The van der Waals surface area contributed by atoms with Gasteiger partial charge in [-0.25, -0.2) is 9.97 Å². The van der Waals surface area contributed by atoms with E-state index in [2.05, 4.69) is 15.0 Å². The normalized spacial score (nSPS) is 12.2. The van der Waals surface area contributed by atoms with Crippen molar-refractivity contribution in [1.29, 1.82) is 0 Å². The topological polar surface area (TPSA) is 51.8 Å². The number of hydrogen-bond acceptors (Lipinski definition) is 4. The molecule has 0 atom stereocenters. The molecule has 0 aliphatic carbocycles. The molecule has 2 rings (SSSR count). The summed E-state index contributed by atoms with van der Waals surface area (Å²) in [5.74, 6) is 0.675. The van der Waals surface area contributed by atoms with Gasteiger partial charge < -0.3 is 4.42 Å². The van der Waals surface area contributed by atoms with E-state index in [1.54, 1.807) is 12.4 Å². The second kappa shape index (κ2) is 2.52. The molecule has 0 amide bonds. The van der Waals surface area contributed by atoms with E-state index in [1.165, 1.54) is 0 Å². The maximum Gasteiger partial charge on any atom is 0.266 e. The van der Waals surface area contributed by atoms with Gasteiger partial charge in [0, 0.05) is 17.8 Å². The Bertz CT molecular complexity index is 395. The molecule has 0 spiro atoms. The smallest absolute Gasteiger partial charge is 0.266 e. The third-order valence-electron chi connectivity index (χ3n) is 1.69. The van der Waals surface area contributed by atoms with Gasteiger partial charge in [-0.05, 0) is 0 Å². The lowest BCUT2D eigenvalue weighted by atomic mass is 9.97. The van der Waals surface area contributed by atoms with Crippen LogP contribution in [0.3, 0.4) is 0 Å². The van der Waals surface area contributed by atoms with Crippen LogP contribution in [0.15, 0.2) is 16.8 Å². The maximum absolute atomic E-state index is 5.45. The van der Waals surface area contributed by atoms with Crippen LogP contribution in [0.1, 0.15) is 26.7 Å². The lowest BCUT2D eigenvalue weighted by Gasteiger charge is -2.11. The first-order valence-electron chi connectivity index (χ1n) is 4.15. The summed E-state index contributed by atoms with van der Waals surface area (Å²) in [7, 11) is 0. The quantitative estimate of drug-likeness (QED) is 0.616. The Kier molecular flexibility index (Phi) is 1.58. The highest BCUT2D eigenvalue weighted by Crippen LogP contribution is 2.23. The molecule has 68 valence electrons. The average molecular weight is 177 g/mol. The Labute approximate surface area is 76.0 Å². The van der Waals surface area contributed by atoms with Crippen LogP contribution in [0.2, 0.25) is 0 Å². The molecule has 0 aromatic carbocycles. The molecule has 0 saturated heterocycles. The Balaban J connectivity index is 2.63. The Morgan fingerprint density at radius 1 is 1.15 bits per heavy atom. The molecule has 2 heterocycles. The average Bonchev–Trinajstić information content (AvgIpc) is 2.45. The summed E-state index contributed by atoms with van der Waals surface area (Å²) >= 11 is 0. The van der Waals surface area contributed by atoms with Gasteiger partial charge in [0.15, 0.2) is 0 Å². The van der Waals surface area contributed by atoms with Crippen LogP contribution < -0.4 is 0 Å². The van der Waals surface area contributed by atoms with Crippen molar-refractivity contribution < 1.29 is 4.42 Å². The first-order chi connectivity index (χ1) is 6.07. The zero-order valence-corrected chi connectivity index (χ0v) is 7.90. The van der Waals surface area contributed by atoms with Crippen molar-refractivity contribution in [3.05, 3.63) is 18.3 Å². The molecule has 4 nitrogen and oxygen atoms in total. The van der Waals surface area contributed by atoms with Gasteiger partial charge in [0.05, 0.1) is 0 Å². The predicted molar refractivity (Wildman–Crippen MR) is 48.3 cm³/mol. The highest BCUT2D eigenvalue weighted by molar-refractivity contribution is 5.61. The van der Waals surface area contributed by atoms with E-state index < -0.39 is 0 Å². The number of aromatic nitrogens is 3. The standard InChI is InChI=1S/C9H11N3O/c1-9(2,3)8-12-6-7(13-8)11-5-4-10-6/h4-5H,1-3H3. The van der Waals surface area contributed by atoms with Crippen molar-refractivity contribution in [3.8, 4) is 0 Å². The molecule has 0 saturated carbocycles. The van der Waals surface area contributed by atoms with Crippen LogP contribution in [0.25, 0.3) is 11.4 Å². The van der Waals surface area contributed by atoms with Gasteiger partial charge in [0.1, 0.15) is 0 Å². The number of fused-ring (bicyclic) bond motifs is 1. The Hall–Kier alpha value is -1.45. The van der Waals surface area contributed by atoms with E-state index in [0.29, 0.717) is 17.3 Å². The fourth-order valence-corrected chi connectivity index (χ4v) is 0.998. The second-order valence-corrected chi connectivity index (χ2v) is 3.95. The Morgan fingerprint density at radius 3 is 2.46 bits per heavy atom. The highest BCUT2D eigenvalue weighted by atomic mass is 16.4. The van der Waals surface area contributed by atoms with Crippen LogP contribution in [0.5, 0.6) is 0 Å². The first-order valence-corrected chi connectivity index (χ1v) is 4.15. The zero-order chi connectivity index (χ0) is 9.47. The molecule has 0 fully saturated rings. The maximum atomic E-state index is 5.45. The molecule has 0 N–H and O–H groups in total. The van der Waals surface area contributed by atoms with E-state index in [1.807, 2.05) is 20.8 Å². The Morgan fingerprint density at radius 2 is 1.85 bits per heavy atom. The lowest BCUT2D eigenvalue weighted by Crippen LogP contribution is -2.11. The summed E-state index contributed by atoms with van der Waals surface area (Å²) in [6.45, 7) is 6.12. The van der Waals surface area contributed by atoms with Crippen LogP contribution in [-0.2, 0) is 5.41 Å². The van der Waals surface area contributed by atoms with Crippen LogP contribution >= 0.6 is 0 Å². The summed E-state index contributed by atoms with van der Waals surface area (Å²) in [4.78, 5) is 12.3. The number of rotatable bonds is 0. The minimum absolute atomic E-state index is 0.0949. The lowest BCUT2D eigenvalue weighted by molar-refractivity contribution is 0.407. The van der Waals surface area contributed by atoms with Gasteiger partial charge in [0.25, 0.3) is 5.71 Å². The van der Waals surface area contributed by atoms with Gasteiger partial charge in [-0.15, -0.1) is 0 Å². The molecular formula is C9H11N3O. The minimum Gasteiger partial charge on any atom is -0.420 e. The van der Waals surface area contributed by atoms with E-state index in [9.17, 15) is 0 Å². The highest BCUT2D eigenvalue weighted by Gasteiger charge is 2.21. The van der Waals surface area contributed by atoms with Crippen molar-refractivity contribution in [2.45, 2.75) is 26.2 Å². The van der Waals surface area contributed by atoms with Crippen molar-refractivity contribution in [2.24, 2.45) is 0 Å². The SMILES string of the molecule is CC(C)(C)c1nc2nccnc2o1. The molecule has 13 heavy (non-hydrogen) atoms. The van der Waals surface area contributed by atoms with Gasteiger partial charge in [-0.3, -0.25) is 0 Å². The van der Waals surface area contributed by atoms with Crippen molar-refractivity contribution in [3.63, 3.8) is 0 Å². The van der Waals surface area contributed by atoms with E-state index >= 15 is 0 Å². The summed E-state index contributed by atoms with van der Waals surface area (Å²) in [6, 6.07) is 0. The fourth-order valence-electron chi connectivity index (χ4n) is 0.998. The largest absolute Gasteiger partial charge is 0.420 e. The van der Waals surface area contributed by atoms with E-state index in [0.717, 1.165) is 0 Å². The summed E-state index contributed by atoms with van der Waals surface area (Å²) in [5, 5.41) is 0. The third-order valence-corrected chi connectivity index (χ3v) is 1.69. The molecule has 2 aromatic rings. The number of nitrogens with zero attached hydrogens (tertiary/aromatic N) is 3. The van der Waals surface area contributed by atoms with Crippen molar-refractivity contribution in [1.82, 2.24) is 15.0 Å². The fraction of sp³-hybridized carbons (Fsp3) is 0.444. The zero-order valence-electron chi connectivity index (χ0n) is 7.90. The monoisotopic (exact) mass is 177 g/mol. The van der Waals surface area contributed by atoms with Gasteiger partial charge in [0.2, 0.25) is 11.5 Å². The molecular weight excluding hydrogens is 166 g/mol. The van der Waals surface area contributed by atoms with Crippen LogP contribution in [-0.4, -0.2) is 15.0 Å². The molecule has 4 heteroatoms. The number of hydrogen-bond donors (Lipinski definition) is 0.